The average Bonchev–Trinajstić information content (AvgIpc) is 2.38. The molecule has 0 aromatic rings. The van der Waals surface area contributed by atoms with Gasteiger partial charge >= 0.3 is 6.18 Å². The lowest BCUT2D eigenvalue weighted by Gasteiger charge is -2.31. The van der Waals surface area contributed by atoms with Crippen LogP contribution in [0.25, 0.3) is 0 Å². The second-order valence-electron chi connectivity index (χ2n) is 5.31. The first kappa shape index (κ1) is 18.7. The van der Waals surface area contributed by atoms with Crippen LogP contribution in [0.3, 0.4) is 0 Å². The minimum Gasteiger partial charge on any atom is -0.316 e. The van der Waals surface area contributed by atoms with Crippen LogP contribution >= 0.6 is 0 Å². The molecule has 1 aliphatic heterocycles. The molecule has 0 spiro atoms. The maximum absolute atomic E-state index is 12.0. The molecule has 5 nitrogen and oxygen atoms in total. The van der Waals surface area contributed by atoms with Gasteiger partial charge in [-0.3, -0.25) is 0 Å². The molecule has 2 N–H and O–H groups in total. The van der Waals surface area contributed by atoms with E-state index in [-0.39, 0.29) is 0 Å². The molecule has 0 amide bonds. The zero-order valence-electron chi connectivity index (χ0n) is 12.2. The van der Waals surface area contributed by atoms with Crippen molar-refractivity contribution in [2.75, 3.05) is 32.7 Å². The van der Waals surface area contributed by atoms with Gasteiger partial charge in [0.1, 0.15) is 0 Å². The topological polar surface area (TPSA) is 61.4 Å². The SMILES string of the molecule is CCCNCC1CCN(S(=O)(=O)NCCC(F)(F)F)CC1. The first-order chi connectivity index (χ1) is 9.74. The van der Waals surface area contributed by atoms with Crippen molar-refractivity contribution in [2.24, 2.45) is 5.92 Å². The third-order valence-electron chi connectivity index (χ3n) is 3.47. The lowest BCUT2D eigenvalue weighted by molar-refractivity contribution is -0.132. The van der Waals surface area contributed by atoms with E-state index in [0.29, 0.717) is 19.0 Å². The van der Waals surface area contributed by atoms with Gasteiger partial charge in [0.05, 0.1) is 6.42 Å². The summed E-state index contributed by atoms with van der Waals surface area (Å²) in [5.41, 5.74) is 0. The first-order valence-corrected chi connectivity index (χ1v) is 8.71. The fourth-order valence-corrected chi connectivity index (χ4v) is 3.48. The highest BCUT2D eigenvalue weighted by molar-refractivity contribution is 7.87. The Labute approximate surface area is 124 Å². The quantitative estimate of drug-likeness (QED) is 0.663. The van der Waals surface area contributed by atoms with E-state index in [2.05, 4.69) is 12.2 Å². The molecule has 0 saturated carbocycles. The Morgan fingerprint density at radius 1 is 1.19 bits per heavy atom. The lowest BCUT2D eigenvalue weighted by atomic mass is 9.98. The molecule has 126 valence electrons. The van der Waals surface area contributed by atoms with Crippen molar-refractivity contribution >= 4 is 10.2 Å². The number of nitrogens with one attached hydrogen (secondary N) is 2. The van der Waals surface area contributed by atoms with Crippen LogP contribution in [0, 0.1) is 5.92 Å². The van der Waals surface area contributed by atoms with Gasteiger partial charge in [0.15, 0.2) is 0 Å². The van der Waals surface area contributed by atoms with Gasteiger partial charge in [0, 0.05) is 19.6 Å². The summed E-state index contributed by atoms with van der Waals surface area (Å²) >= 11 is 0. The molecule has 21 heavy (non-hydrogen) atoms. The summed E-state index contributed by atoms with van der Waals surface area (Å²) in [5, 5.41) is 3.30. The van der Waals surface area contributed by atoms with Crippen LogP contribution in [-0.2, 0) is 10.2 Å². The van der Waals surface area contributed by atoms with Crippen molar-refractivity contribution in [3.8, 4) is 0 Å². The molecule has 0 aliphatic carbocycles. The zero-order chi connectivity index (χ0) is 15.9. The van der Waals surface area contributed by atoms with Crippen molar-refractivity contribution in [1.29, 1.82) is 0 Å². The van der Waals surface area contributed by atoms with E-state index in [1.807, 2.05) is 4.72 Å². The third-order valence-corrected chi connectivity index (χ3v) is 5.08. The standard InChI is InChI=1S/C12H24F3N3O2S/c1-2-6-16-10-11-3-8-18(9-4-11)21(19,20)17-7-5-12(13,14)15/h11,16-17H,2-10H2,1H3. The lowest BCUT2D eigenvalue weighted by Crippen LogP contribution is -2.46. The molecule has 1 fully saturated rings. The molecule has 0 aromatic heterocycles. The second kappa shape index (κ2) is 8.30. The van der Waals surface area contributed by atoms with Crippen LogP contribution in [0.4, 0.5) is 13.2 Å². The van der Waals surface area contributed by atoms with E-state index in [4.69, 9.17) is 0 Å². The summed E-state index contributed by atoms with van der Waals surface area (Å²) in [6.45, 7) is 4.00. The van der Waals surface area contributed by atoms with Gasteiger partial charge in [-0.05, 0) is 38.3 Å². The molecule has 0 radical (unpaired) electrons. The number of piperidine rings is 1. The monoisotopic (exact) mass is 331 g/mol. The van der Waals surface area contributed by atoms with Gasteiger partial charge in [-0.25, -0.2) is 4.72 Å². The number of hydrogen-bond donors (Lipinski definition) is 2. The van der Waals surface area contributed by atoms with Gasteiger partial charge in [-0.15, -0.1) is 0 Å². The zero-order valence-corrected chi connectivity index (χ0v) is 13.1. The second-order valence-corrected chi connectivity index (χ2v) is 7.07. The van der Waals surface area contributed by atoms with Crippen LogP contribution < -0.4 is 10.0 Å². The molecule has 0 bridgehead atoms. The molecular formula is C12H24F3N3O2S. The average molecular weight is 331 g/mol. The van der Waals surface area contributed by atoms with Crippen LogP contribution in [0.15, 0.2) is 0 Å². The number of hydrogen-bond acceptors (Lipinski definition) is 3. The fraction of sp³-hybridized carbons (Fsp3) is 1.00. The summed E-state index contributed by atoms with van der Waals surface area (Å²) in [4.78, 5) is 0. The Kier molecular flexibility index (Phi) is 7.38. The first-order valence-electron chi connectivity index (χ1n) is 7.27. The molecule has 1 heterocycles. The minimum atomic E-state index is -4.35. The molecular weight excluding hydrogens is 307 g/mol. The van der Waals surface area contributed by atoms with Gasteiger partial charge < -0.3 is 5.32 Å². The van der Waals surface area contributed by atoms with E-state index >= 15 is 0 Å². The maximum Gasteiger partial charge on any atom is 0.390 e. The van der Waals surface area contributed by atoms with Crippen LogP contribution in [0.5, 0.6) is 0 Å². The largest absolute Gasteiger partial charge is 0.390 e. The number of nitrogens with zero attached hydrogens (tertiary/aromatic N) is 1. The van der Waals surface area contributed by atoms with Crippen LogP contribution in [0.2, 0.25) is 0 Å². The summed E-state index contributed by atoms with van der Waals surface area (Å²) in [6.07, 6.45) is -2.98. The van der Waals surface area contributed by atoms with Crippen molar-refractivity contribution < 1.29 is 21.6 Å². The molecule has 1 rings (SSSR count). The summed E-state index contributed by atoms with van der Waals surface area (Å²) in [7, 11) is -3.79. The fourth-order valence-electron chi connectivity index (χ4n) is 2.25. The Balaban J connectivity index is 2.31. The highest BCUT2D eigenvalue weighted by Gasteiger charge is 2.30. The smallest absolute Gasteiger partial charge is 0.316 e. The maximum atomic E-state index is 12.0. The van der Waals surface area contributed by atoms with Crippen molar-refractivity contribution in [3.05, 3.63) is 0 Å². The van der Waals surface area contributed by atoms with Gasteiger partial charge in [-0.1, -0.05) is 6.92 Å². The van der Waals surface area contributed by atoms with E-state index in [9.17, 15) is 21.6 Å². The summed E-state index contributed by atoms with van der Waals surface area (Å²) in [5.74, 6) is 0.429. The molecule has 0 atom stereocenters. The molecule has 0 aromatic carbocycles. The van der Waals surface area contributed by atoms with Crippen molar-refractivity contribution in [2.45, 2.75) is 38.8 Å². The van der Waals surface area contributed by atoms with Gasteiger partial charge in [-0.2, -0.15) is 25.9 Å². The molecule has 1 aliphatic rings. The normalized spacial score (nSPS) is 19.0. The van der Waals surface area contributed by atoms with Crippen molar-refractivity contribution in [1.82, 2.24) is 14.3 Å². The molecule has 0 unspecified atom stereocenters. The number of halogens is 3. The van der Waals surface area contributed by atoms with Crippen molar-refractivity contribution in [3.63, 3.8) is 0 Å². The summed E-state index contributed by atoms with van der Waals surface area (Å²) < 4.78 is 63.0. The molecule has 9 heteroatoms. The highest BCUT2D eigenvalue weighted by Crippen LogP contribution is 2.20. The van der Waals surface area contributed by atoms with E-state index in [1.54, 1.807) is 0 Å². The predicted molar refractivity (Wildman–Crippen MR) is 75.1 cm³/mol. The Morgan fingerprint density at radius 3 is 2.33 bits per heavy atom. The molecule has 1 saturated heterocycles. The van der Waals surface area contributed by atoms with Crippen LogP contribution in [-0.4, -0.2) is 51.6 Å². The van der Waals surface area contributed by atoms with Gasteiger partial charge in [0.25, 0.3) is 10.2 Å². The minimum absolute atomic E-state index is 0.361. The van der Waals surface area contributed by atoms with E-state index in [1.165, 1.54) is 4.31 Å². The van der Waals surface area contributed by atoms with Crippen LogP contribution in [0.1, 0.15) is 32.6 Å². The number of rotatable bonds is 8. The Bertz CT molecular complexity index is 393. The highest BCUT2D eigenvalue weighted by atomic mass is 32.2. The van der Waals surface area contributed by atoms with E-state index in [0.717, 1.165) is 32.4 Å². The predicted octanol–water partition coefficient (Wildman–Crippen LogP) is 1.48. The third kappa shape index (κ3) is 7.44. The van der Waals surface area contributed by atoms with E-state index < -0.39 is 29.4 Å². The summed E-state index contributed by atoms with van der Waals surface area (Å²) in [6, 6.07) is 0. The number of alkyl halides is 3. The Hall–Kier alpha value is -0.380. The Morgan fingerprint density at radius 2 is 1.81 bits per heavy atom. The van der Waals surface area contributed by atoms with Gasteiger partial charge in [0.2, 0.25) is 0 Å².